The number of halogens is 5. The van der Waals surface area contributed by atoms with Gasteiger partial charge in [0, 0.05) is 5.02 Å². The maximum absolute atomic E-state index is 13.0. The first-order valence-electron chi connectivity index (χ1n) is 8.25. The predicted molar refractivity (Wildman–Crippen MR) is 107 cm³/mol. The molecule has 0 saturated carbocycles. The van der Waals surface area contributed by atoms with Gasteiger partial charge in [0.25, 0.3) is 0 Å². The van der Waals surface area contributed by atoms with Crippen LogP contribution in [0.5, 0.6) is 11.6 Å². The molecule has 1 aromatic heterocycles. The van der Waals surface area contributed by atoms with Gasteiger partial charge in [0.2, 0.25) is 5.88 Å². The average molecular weight is 443 g/mol. The normalized spacial score (nSPS) is 11.4. The van der Waals surface area contributed by atoms with Gasteiger partial charge in [0.15, 0.2) is 5.82 Å². The van der Waals surface area contributed by atoms with Gasteiger partial charge in [0.1, 0.15) is 17.8 Å². The fourth-order valence-electron chi connectivity index (χ4n) is 2.56. The molecule has 5 nitrogen and oxygen atoms in total. The van der Waals surface area contributed by atoms with Gasteiger partial charge in [-0.2, -0.15) is 18.2 Å². The molecule has 0 aliphatic rings. The van der Waals surface area contributed by atoms with Crippen LogP contribution in [0.15, 0.2) is 36.7 Å². The maximum Gasteiger partial charge on any atom is 0.416 e. The highest BCUT2D eigenvalue weighted by Crippen LogP contribution is 2.37. The van der Waals surface area contributed by atoms with Crippen molar-refractivity contribution in [2.45, 2.75) is 20.0 Å². The molecule has 0 aliphatic carbocycles. The van der Waals surface area contributed by atoms with E-state index in [4.69, 9.17) is 33.7 Å². The molecular weight excluding hydrogens is 428 g/mol. The van der Waals surface area contributed by atoms with Gasteiger partial charge < -0.3 is 15.8 Å². The molecular formula is C19H15Cl2F3N4O. The van der Waals surface area contributed by atoms with Crippen LogP contribution in [0.3, 0.4) is 0 Å². The van der Waals surface area contributed by atoms with E-state index < -0.39 is 11.7 Å². The summed E-state index contributed by atoms with van der Waals surface area (Å²) in [6, 6.07) is 6.33. The molecule has 29 heavy (non-hydrogen) atoms. The van der Waals surface area contributed by atoms with E-state index in [1.54, 1.807) is 12.1 Å². The molecule has 3 rings (SSSR count). The second-order valence-electron chi connectivity index (χ2n) is 6.23. The highest BCUT2D eigenvalue weighted by molar-refractivity contribution is 6.33. The summed E-state index contributed by atoms with van der Waals surface area (Å²) in [5.41, 5.74) is 6.81. The van der Waals surface area contributed by atoms with E-state index in [0.717, 1.165) is 29.3 Å². The van der Waals surface area contributed by atoms with Gasteiger partial charge >= 0.3 is 6.18 Å². The summed E-state index contributed by atoms with van der Waals surface area (Å²) in [6.45, 7) is 3.66. The Morgan fingerprint density at radius 2 is 1.69 bits per heavy atom. The molecule has 0 atom stereocenters. The number of benzene rings is 2. The number of rotatable bonds is 4. The Hall–Kier alpha value is -2.71. The number of nitrogens with one attached hydrogen (secondary N) is 1. The molecule has 0 spiro atoms. The second-order valence-corrected chi connectivity index (χ2v) is 7.02. The van der Waals surface area contributed by atoms with E-state index in [-0.39, 0.29) is 28.1 Å². The standard InChI is InChI=1S/C19H15Cl2F3N4O/c1-9-5-12(6-10(2)15(9)21)29-18-16(25)17(26-8-27-18)28-14-7-11(19(22,23)24)3-4-13(14)20/h3-8H,25H2,1-2H3,(H,26,27,28). The minimum atomic E-state index is -4.52. The van der Waals surface area contributed by atoms with Crippen molar-refractivity contribution < 1.29 is 17.9 Å². The van der Waals surface area contributed by atoms with Crippen LogP contribution in [-0.4, -0.2) is 9.97 Å². The zero-order valence-electron chi connectivity index (χ0n) is 15.2. The first-order chi connectivity index (χ1) is 13.6. The number of ether oxygens (including phenoxy) is 1. The summed E-state index contributed by atoms with van der Waals surface area (Å²) in [5.74, 6) is 0.545. The van der Waals surface area contributed by atoms with Crippen molar-refractivity contribution in [1.82, 2.24) is 9.97 Å². The van der Waals surface area contributed by atoms with E-state index in [9.17, 15) is 13.2 Å². The summed E-state index contributed by atoms with van der Waals surface area (Å²) >= 11 is 12.2. The van der Waals surface area contributed by atoms with Crippen molar-refractivity contribution in [3.8, 4) is 11.6 Å². The molecule has 0 bridgehead atoms. The largest absolute Gasteiger partial charge is 0.437 e. The molecule has 1 heterocycles. The van der Waals surface area contributed by atoms with E-state index in [0.29, 0.717) is 10.8 Å². The fraction of sp³-hybridized carbons (Fsp3) is 0.158. The smallest absolute Gasteiger partial charge is 0.416 e. The fourth-order valence-corrected chi connectivity index (χ4v) is 2.84. The zero-order valence-corrected chi connectivity index (χ0v) is 16.7. The Kier molecular flexibility index (Phi) is 5.77. The molecule has 0 amide bonds. The second kappa shape index (κ2) is 7.96. The number of aryl methyl sites for hydroxylation is 2. The number of aromatic nitrogens is 2. The van der Waals surface area contributed by atoms with Crippen LogP contribution in [0.2, 0.25) is 10.0 Å². The summed E-state index contributed by atoms with van der Waals surface area (Å²) in [7, 11) is 0. The predicted octanol–water partition coefficient (Wildman–Crippen LogP) is 6.54. The van der Waals surface area contributed by atoms with Crippen LogP contribution in [-0.2, 0) is 6.18 Å². The van der Waals surface area contributed by atoms with Crippen LogP contribution in [0.1, 0.15) is 16.7 Å². The molecule has 3 N–H and O–H groups in total. The minimum absolute atomic E-state index is 0.00368. The number of alkyl halides is 3. The van der Waals surface area contributed by atoms with Crippen molar-refractivity contribution in [2.75, 3.05) is 11.1 Å². The highest BCUT2D eigenvalue weighted by atomic mass is 35.5. The number of nitrogens with two attached hydrogens (primary N) is 1. The maximum atomic E-state index is 13.0. The molecule has 152 valence electrons. The van der Waals surface area contributed by atoms with Crippen LogP contribution >= 0.6 is 23.2 Å². The van der Waals surface area contributed by atoms with Crippen LogP contribution < -0.4 is 15.8 Å². The lowest BCUT2D eigenvalue weighted by atomic mass is 10.1. The summed E-state index contributed by atoms with van der Waals surface area (Å²) in [4.78, 5) is 7.96. The lowest BCUT2D eigenvalue weighted by molar-refractivity contribution is -0.137. The van der Waals surface area contributed by atoms with Crippen molar-refractivity contribution in [1.29, 1.82) is 0 Å². The molecule has 0 saturated heterocycles. The number of nitrogens with zero attached hydrogens (tertiary/aromatic N) is 2. The van der Waals surface area contributed by atoms with Crippen molar-refractivity contribution in [2.24, 2.45) is 0 Å². The summed E-state index contributed by atoms with van der Waals surface area (Å²) < 4.78 is 44.6. The van der Waals surface area contributed by atoms with E-state index >= 15 is 0 Å². The van der Waals surface area contributed by atoms with Gasteiger partial charge in [-0.05, 0) is 55.3 Å². The highest BCUT2D eigenvalue weighted by Gasteiger charge is 2.31. The molecule has 0 aliphatic heterocycles. The first-order valence-corrected chi connectivity index (χ1v) is 9.00. The SMILES string of the molecule is Cc1cc(Oc2ncnc(Nc3cc(C(F)(F)F)ccc3Cl)c2N)cc(C)c1Cl. The van der Waals surface area contributed by atoms with Gasteiger partial charge in [-0.3, -0.25) is 0 Å². The van der Waals surface area contributed by atoms with Crippen molar-refractivity contribution >= 4 is 40.4 Å². The van der Waals surface area contributed by atoms with E-state index in [1.165, 1.54) is 6.33 Å². The Labute approximate surface area is 174 Å². The number of hydrogen-bond donors (Lipinski definition) is 2. The number of hydrogen-bond acceptors (Lipinski definition) is 5. The zero-order chi connectivity index (χ0) is 21.3. The lowest BCUT2D eigenvalue weighted by Crippen LogP contribution is -2.07. The minimum Gasteiger partial charge on any atom is -0.437 e. The first kappa shape index (κ1) is 21.0. The molecule has 2 aromatic carbocycles. The van der Waals surface area contributed by atoms with Crippen molar-refractivity contribution in [3.05, 3.63) is 63.4 Å². The molecule has 10 heteroatoms. The van der Waals surface area contributed by atoms with Gasteiger partial charge in [-0.25, -0.2) is 4.98 Å². The summed E-state index contributed by atoms with van der Waals surface area (Å²) in [6.07, 6.45) is -3.35. The topological polar surface area (TPSA) is 73.1 Å². The third-order valence-electron chi connectivity index (χ3n) is 4.02. The lowest BCUT2D eigenvalue weighted by Gasteiger charge is -2.15. The Balaban J connectivity index is 1.92. The monoisotopic (exact) mass is 442 g/mol. The number of anilines is 3. The van der Waals surface area contributed by atoms with Gasteiger partial charge in [-0.15, -0.1) is 0 Å². The molecule has 0 unspecified atom stereocenters. The average Bonchev–Trinajstić information content (AvgIpc) is 2.63. The Morgan fingerprint density at radius 3 is 2.31 bits per heavy atom. The Bertz CT molecular complexity index is 1050. The van der Waals surface area contributed by atoms with Gasteiger partial charge in [-0.1, -0.05) is 23.2 Å². The summed E-state index contributed by atoms with van der Waals surface area (Å²) in [5, 5.41) is 3.39. The molecule has 0 radical (unpaired) electrons. The number of nitrogen functional groups attached to an aromatic ring is 1. The third-order valence-corrected chi connectivity index (χ3v) is 4.94. The van der Waals surface area contributed by atoms with Crippen molar-refractivity contribution in [3.63, 3.8) is 0 Å². The molecule has 3 aromatic rings. The quantitative estimate of drug-likeness (QED) is 0.479. The van der Waals surface area contributed by atoms with Crippen LogP contribution in [0.25, 0.3) is 0 Å². The Morgan fingerprint density at radius 1 is 1.03 bits per heavy atom. The van der Waals surface area contributed by atoms with E-state index in [1.807, 2.05) is 13.8 Å². The van der Waals surface area contributed by atoms with Crippen LogP contribution in [0, 0.1) is 13.8 Å². The van der Waals surface area contributed by atoms with E-state index in [2.05, 4.69) is 15.3 Å². The van der Waals surface area contributed by atoms with Gasteiger partial charge in [0.05, 0.1) is 16.3 Å². The molecule has 0 fully saturated rings. The third kappa shape index (κ3) is 4.65. The van der Waals surface area contributed by atoms with Crippen LogP contribution in [0.4, 0.5) is 30.4 Å².